The second-order valence-electron chi connectivity index (χ2n) is 2.82. The Morgan fingerprint density at radius 2 is 2.44 bits per heavy atom. The van der Waals surface area contributed by atoms with Gasteiger partial charge in [0, 0.05) is 23.2 Å². The molecule has 0 aliphatic heterocycles. The van der Waals surface area contributed by atoms with Crippen molar-refractivity contribution < 1.29 is 4.92 Å². The van der Waals surface area contributed by atoms with Gasteiger partial charge in [-0.15, -0.1) is 6.58 Å². The summed E-state index contributed by atoms with van der Waals surface area (Å²) in [5, 5.41) is 16.9. The molecule has 82 valence electrons. The van der Waals surface area contributed by atoms with Crippen molar-refractivity contribution in [1.29, 1.82) is 0 Å². The van der Waals surface area contributed by atoms with Gasteiger partial charge in [-0.2, -0.15) is 0 Å². The first-order valence-corrected chi connectivity index (χ1v) is 4.37. The molecule has 0 amide bonds. The molecule has 0 radical (unpaired) electrons. The number of azide groups is 1. The van der Waals surface area contributed by atoms with E-state index in [9.17, 15) is 10.1 Å². The van der Waals surface area contributed by atoms with Crippen molar-refractivity contribution in [3.8, 4) is 0 Å². The van der Waals surface area contributed by atoms with E-state index < -0.39 is 4.92 Å². The summed E-state index contributed by atoms with van der Waals surface area (Å²) in [4.78, 5) is 12.8. The van der Waals surface area contributed by atoms with Crippen molar-refractivity contribution in [1.82, 2.24) is 0 Å². The van der Waals surface area contributed by atoms with E-state index in [1.165, 1.54) is 18.2 Å². The van der Waals surface area contributed by atoms with Gasteiger partial charge in [-0.05, 0) is 11.6 Å². The lowest BCUT2D eigenvalue weighted by atomic mass is 10.2. The molecule has 0 saturated heterocycles. The lowest BCUT2D eigenvalue weighted by Gasteiger charge is -2.04. The Labute approximate surface area is 91.2 Å². The molecule has 7 nitrogen and oxygen atoms in total. The number of hydrogen-bond acceptors (Lipinski definition) is 4. The molecule has 1 aromatic rings. The smallest absolute Gasteiger partial charge is 0.292 e. The van der Waals surface area contributed by atoms with Gasteiger partial charge < -0.3 is 5.32 Å². The quantitative estimate of drug-likeness (QED) is 0.205. The minimum atomic E-state index is -0.540. The fourth-order valence-corrected chi connectivity index (χ4v) is 1.12. The highest BCUT2D eigenvalue weighted by Gasteiger charge is 2.13. The zero-order valence-corrected chi connectivity index (χ0v) is 8.33. The minimum absolute atomic E-state index is 0.133. The lowest BCUT2D eigenvalue weighted by Crippen LogP contribution is -2.01. The number of rotatable bonds is 5. The van der Waals surface area contributed by atoms with Gasteiger partial charge in [0.15, 0.2) is 0 Å². The topological polar surface area (TPSA) is 104 Å². The highest BCUT2D eigenvalue weighted by Crippen LogP contribution is 2.29. The molecule has 1 N–H and O–H groups in total. The van der Waals surface area contributed by atoms with Crippen molar-refractivity contribution in [3.63, 3.8) is 0 Å². The molecule has 0 spiro atoms. The summed E-state index contributed by atoms with van der Waals surface area (Å²) in [6, 6.07) is 4.20. The maximum atomic E-state index is 10.7. The molecule has 1 aromatic carbocycles. The Hall–Kier alpha value is -2.53. The summed E-state index contributed by atoms with van der Waals surface area (Å²) in [6.45, 7) is 3.92. The number of nitrogens with zero attached hydrogens (tertiary/aromatic N) is 4. The summed E-state index contributed by atoms with van der Waals surface area (Å²) < 4.78 is 0. The molecule has 0 fully saturated rings. The minimum Gasteiger partial charge on any atom is -0.376 e. The van der Waals surface area contributed by atoms with Crippen LogP contribution in [0.15, 0.2) is 36.0 Å². The summed E-state index contributed by atoms with van der Waals surface area (Å²) in [6.07, 6.45) is 1.59. The van der Waals surface area contributed by atoms with Crippen LogP contribution in [-0.2, 0) is 0 Å². The van der Waals surface area contributed by atoms with Gasteiger partial charge >= 0.3 is 0 Å². The molecule has 0 aromatic heterocycles. The van der Waals surface area contributed by atoms with Crippen LogP contribution in [0.25, 0.3) is 10.4 Å². The van der Waals surface area contributed by atoms with Crippen LogP contribution >= 0.6 is 0 Å². The average molecular weight is 219 g/mol. The standard InChI is InChI=1S/C9H9N5O2/c1-2-5-11-8-4-3-7(12-13-10)6-9(8)14(15)16/h2-4,6,11H,1,5H2. The average Bonchev–Trinajstić information content (AvgIpc) is 2.27. The molecular formula is C9H9N5O2. The number of hydrogen-bond donors (Lipinski definition) is 1. The van der Waals surface area contributed by atoms with Gasteiger partial charge in [-0.25, -0.2) is 0 Å². The van der Waals surface area contributed by atoms with E-state index in [4.69, 9.17) is 5.53 Å². The fraction of sp³-hybridized carbons (Fsp3) is 0.111. The Morgan fingerprint density at radius 3 is 3.00 bits per heavy atom. The van der Waals surface area contributed by atoms with Gasteiger partial charge in [0.2, 0.25) is 0 Å². The van der Waals surface area contributed by atoms with E-state index in [0.29, 0.717) is 12.2 Å². The molecule has 0 atom stereocenters. The Morgan fingerprint density at radius 1 is 1.69 bits per heavy atom. The van der Waals surface area contributed by atoms with Crippen molar-refractivity contribution in [3.05, 3.63) is 51.4 Å². The van der Waals surface area contributed by atoms with Gasteiger partial charge in [0.05, 0.1) is 4.92 Å². The van der Waals surface area contributed by atoms with Crippen LogP contribution in [0.4, 0.5) is 17.1 Å². The fourth-order valence-electron chi connectivity index (χ4n) is 1.12. The largest absolute Gasteiger partial charge is 0.376 e. The third-order valence-electron chi connectivity index (χ3n) is 1.78. The van der Waals surface area contributed by atoms with Crippen LogP contribution in [0.1, 0.15) is 0 Å². The third kappa shape index (κ3) is 2.73. The van der Waals surface area contributed by atoms with E-state index in [0.717, 1.165) is 0 Å². The van der Waals surface area contributed by atoms with Crippen LogP contribution < -0.4 is 5.32 Å². The number of nitrogens with one attached hydrogen (secondary N) is 1. The normalized spacial score (nSPS) is 9.00. The highest BCUT2D eigenvalue weighted by atomic mass is 16.6. The van der Waals surface area contributed by atoms with E-state index in [2.05, 4.69) is 21.9 Å². The third-order valence-corrected chi connectivity index (χ3v) is 1.78. The molecule has 0 heterocycles. The van der Waals surface area contributed by atoms with Gasteiger partial charge in [0.25, 0.3) is 5.69 Å². The van der Waals surface area contributed by atoms with Crippen LogP contribution in [-0.4, -0.2) is 11.5 Å². The molecule has 0 saturated carbocycles. The van der Waals surface area contributed by atoms with Crippen molar-refractivity contribution in [2.45, 2.75) is 0 Å². The van der Waals surface area contributed by atoms with Crippen LogP contribution in [0.3, 0.4) is 0 Å². The van der Waals surface area contributed by atoms with Crippen molar-refractivity contribution in [2.24, 2.45) is 5.11 Å². The maximum absolute atomic E-state index is 10.7. The first kappa shape index (κ1) is 11.5. The summed E-state index contributed by atoms with van der Waals surface area (Å²) in [5.41, 5.74) is 8.66. The Kier molecular flexibility index (Phi) is 3.88. The zero-order valence-electron chi connectivity index (χ0n) is 8.33. The SMILES string of the molecule is C=CCNc1ccc(N=[N+]=[N-])cc1[N+](=O)[O-]. The molecule has 0 aliphatic rings. The second-order valence-corrected chi connectivity index (χ2v) is 2.82. The van der Waals surface area contributed by atoms with E-state index >= 15 is 0 Å². The Bertz CT molecular complexity index is 465. The number of nitro groups is 1. The van der Waals surface area contributed by atoms with Crippen molar-refractivity contribution in [2.75, 3.05) is 11.9 Å². The second kappa shape index (κ2) is 5.38. The molecule has 7 heteroatoms. The number of nitro benzene ring substituents is 1. The van der Waals surface area contributed by atoms with Gasteiger partial charge in [-0.1, -0.05) is 17.3 Å². The van der Waals surface area contributed by atoms with E-state index in [1.807, 2.05) is 0 Å². The van der Waals surface area contributed by atoms with Crippen LogP contribution in [0.5, 0.6) is 0 Å². The van der Waals surface area contributed by atoms with Crippen LogP contribution in [0, 0.1) is 10.1 Å². The van der Waals surface area contributed by atoms with Crippen molar-refractivity contribution >= 4 is 17.1 Å². The highest BCUT2D eigenvalue weighted by molar-refractivity contribution is 5.66. The molecule has 0 unspecified atom stereocenters. The molecule has 16 heavy (non-hydrogen) atoms. The van der Waals surface area contributed by atoms with E-state index in [1.54, 1.807) is 6.08 Å². The number of benzene rings is 1. The monoisotopic (exact) mass is 219 g/mol. The molecule has 1 rings (SSSR count). The van der Waals surface area contributed by atoms with Gasteiger partial charge in [0.1, 0.15) is 5.69 Å². The summed E-state index contributed by atoms with van der Waals surface area (Å²) in [5.74, 6) is 0. The van der Waals surface area contributed by atoms with E-state index in [-0.39, 0.29) is 11.4 Å². The van der Waals surface area contributed by atoms with Crippen LogP contribution in [0.2, 0.25) is 0 Å². The molecule has 0 aliphatic carbocycles. The molecule has 0 bridgehead atoms. The Balaban J connectivity index is 3.13. The zero-order chi connectivity index (χ0) is 12.0. The predicted octanol–water partition coefficient (Wildman–Crippen LogP) is 3.13. The maximum Gasteiger partial charge on any atom is 0.292 e. The predicted molar refractivity (Wildman–Crippen MR) is 60.6 cm³/mol. The summed E-state index contributed by atoms with van der Waals surface area (Å²) in [7, 11) is 0. The lowest BCUT2D eigenvalue weighted by molar-refractivity contribution is -0.383. The van der Waals surface area contributed by atoms with Gasteiger partial charge in [-0.3, -0.25) is 10.1 Å². The summed E-state index contributed by atoms with van der Waals surface area (Å²) >= 11 is 0. The first-order chi connectivity index (χ1) is 7.69. The first-order valence-electron chi connectivity index (χ1n) is 4.37. The molecular weight excluding hydrogens is 210 g/mol. The number of anilines is 1.